The van der Waals surface area contributed by atoms with Crippen LogP contribution in [0.3, 0.4) is 0 Å². The number of Topliss-reactive ketones (excluding diaryl/α,β-unsaturated/α-hetero) is 1. The number of fused-ring (bicyclic) bond motifs is 1. The van der Waals surface area contributed by atoms with Crippen molar-refractivity contribution in [3.05, 3.63) is 65.4 Å². The standard InChI is InChI=1S/C23H26N2O2/c1-4-27-16-9-7-8-15(12-16)22-21-19(13-23(2,3)14-20(21)26)24-17-10-5-6-11-18(17)25-22/h5-12,22,24-25H,4,13-14H2,1-3H3/t22-/m1/s1. The van der Waals surface area contributed by atoms with E-state index in [-0.39, 0.29) is 17.2 Å². The lowest BCUT2D eigenvalue weighted by Gasteiger charge is -2.34. The second kappa shape index (κ2) is 6.76. The number of nitrogens with one attached hydrogen (secondary N) is 2. The van der Waals surface area contributed by atoms with Crippen molar-refractivity contribution >= 4 is 17.2 Å². The number of carbonyl (C=O) groups excluding carboxylic acids is 1. The quantitative estimate of drug-likeness (QED) is 0.777. The van der Waals surface area contributed by atoms with Crippen molar-refractivity contribution in [2.45, 2.75) is 39.7 Å². The predicted molar refractivity (Wildman–Crippen MR) is 109 cm³/mol. The van der Waals surface area contributed by atoms with Crippen LogP contribution >= 0.6 is 0 Å². The average Bonchev–Trinajstić information content (AvgIpc) is 2.77. The van der Waals surface area contributed by atoms with Crippen molar-refractivity contribution in [1.29, 1.82) is 0 Å². The van der Waals surface area contributed by atoms with E-state index in [2.05, 4.69) is 42.7 Å². The summed E-state index contributed by atoms with van der Waals surface area (Å²) in [6.45, 7) is 6.91. The van der Waals surface area contributed by atoms with Gasteiger partial charge in [-0.25, -0.2) is 0 Å². The maximum atomic E-state index is 13.2. The van der Waals surface area contributed by atoms with Crippen molar-refractivity contribution in [3.63, 3.8) is 0 Å². The smallest absolute Gasteiger partial charge is 0.163 e. The van der Waals surface area contributed by atoms with Crippen molar-refractivity contribution < 1.29 is 9.53 Å². The lowest BCUT2D eigenvalue weighted by molar-refractivity contribution is -0.118. The van der Waals surface area contributed by atoms with Crippen molar-refractivity contribution in [1.82, 2.24) is 0 Å². The summed E-state index contributed by atoms with van der Waals surface area (Å²) < 4.78 is 5.69. The third kappa shape index (κ3) is 3.44. The highest BCUT2D eigenvalue weighted by molar-refractivity contribution is 6.01. The molecule has 0 saturated heterocycles. The molecule has 2 N–H and O–H groups in total. The summed E-state index contributed by atoms with van der Waals surface area (Å²) in [6.07, 6.45) is 1.42. The number of allylic oxidation sites excluding steroid dienone is 1. The SMILES string of the molecule is CCOc1cccc([C@H]2Nc3ccccc3NC3=C2C(=O)CC(C)(C)C3)c1. The number of hydrogen-bond donors (Lipinski definition) is 2. The predicted octanol–water partition coefficient (Wildman–Crippen LogP) is 5.31. The average molecular weight is 362 g/mol. The molecule has 0 fully saturated rings. The summed E-state index contributed by atoms with van der Waals surface area (Å²) in [6, 6.07) is 16.0. The molecule has 140 valence electrons. The molecule has 0 amide bonds. The third-order valence-corrected chi connectivity index (χ3v) is 5.22. The van der Waals surface area contributed by atoms with Gasteiger partial charge in [0.05, 0.1) is 24.0 Å². The molecule has 1 atom stereocenters. The monoisotopic (exact) mass is 362 g/mol. The first-order valence-corrected chi connectivity index (χ1v) is 9.58. The molecule has 2 aromatic rings. The van der Waals surface area contributed by atoms with Gasteiger partial charge in [-0.1, -0.05) is 38.1 Å². The molecule has 0 bridgehead atoms. The van der Waals surface area contributed by atoms with Gasteiger partial charge in [0, 0.05) is 17.7 Å². The first-order chi connectivity index (χ1) is 13.0. The maximum Gasteiger partial charge on any atom is 0.163 e. The van der Waals surface area contributed by atoms with Gasteiger partial charge in [0.1, 0.15) is 5.75 Å². The van der Waals surface area contributed by atoms with Crippen LogP contribution in [0, 0.1) is 5.41 Å². The molecule has 0 radical (unpaired) electrons. The number of rotatable bonds is 3. The largest absolute Gasteiger partial charge is 0.494 e. The van der Waals surface area contributed by atoms with E-state index in [4.69, 9.17) is 4.74 Å². The minimum atomic E-state index is -0.194. The number of benzene rings is 2. The van der Waals surface area contributed by atoms with Gasteiger partial charge in [-0.2, -0.15) is 0 Å². The molecule has 4 rings (SSSR count). The fraction of sp³-hybridized carbons (Fsp3) is 0.348. The van der Waals surface area contributed by atoms with Gasteiger partial charge in [-0.15, -0.1) is 0 Å². The third-order valence-electron chi connectivity index (χ3n) is 5.22. The Morgan fingerprint density at radius 2 is 1.85 bits per heavy atom. The summed E-state index contributed by atoms with van der Waals surface area (Å²) in [5.74, 6) is 1.04. The Bertz CT molecular complexity index is 914. The first-order valence-electron chi connectivity index (χ1n) is 9.58. The molecule has 0 spiro atoms. The van der Waals surface area contributed by atoms with E-state index < -0.39 is 0 Å². The summed E-state index contributed by atoms with van der Waals surface area (Å²) in [7, 11) is 0. The number of ether oxygens (including phenoxy) is 1. The van der Waals surface area contributed by atoms with Crippen LogP contribution in [-0.4, -0.2) is 12.4 Å². The molecular weight excluding hydrogens is 336 g/mol. The molecule has 0 aromatic heterocycles. The second-order valence-electron chi connectivity index (χ2n) is 8.09. The minimum Gasteiger partial charge on any atom is -0.494 e. The Hall–Kier alpha value is -2.75. The summed E-state index contributed by atoms with van der Waals surface area (Å²) in [5.41, 5.74) is 4.89. The van der Waals surface area contributed by atoms with Crippen LogP contribution in [-0.2, 0) is 4.79 Å². The lowest BCUT2D eigenvalue weighted by Crippen LogP contribution is -2.31. The fourth-order valence-electron chi connectivity index (χ4n) is 4.09. The molecule has 1 aliphatic carbocycles. The molecule has 1 heterocycles. The molecular formula is C23H26N2O2. The Morgan fingerprint density at radius 3 is 2.63 bits per heavy atom. The number of carbonyl (C=O) groups is 1. The van der Waals surface area contributed by atoms with E-state index in [1.54, 1.807) is 0 Å². The molecule has 2 aromatic carbocycles. The van der Waals surface area contributed by atoms with E-state index in [1.165, 1.54) is 0 Å². The van der Waals surface area contributed by atoms with E-state index in [0.29, 0.717) is 13.0 Å². The van der Waals surface area contributed by atoms with Crippen molar-refractivity contribution in [3.8, 4) is 5.75 Å². The lowest BCUT2D eigenvalue weighted by atomic mass is 9.73. The van der Waals surface area contributed by atoms with Crippen LogP contribution in [0.25, 0.3) is 0 Å². The Labute approximate surface area is 160 Å². The molecule has 0 saturated carbocycles. The summed E-state index contributed by atoms with van der Waals surface area (Å²) >= 11 is 0. The van der Waals surface area contributed by atoms with Gasteiger partial charge in [-0.3, -0.25) is 4.79 Å². The Kier molecular flexibility index (Phi) is 4.42. The van der Waals surface area contributed by atoms with E-state index in [0.717, 1.165) is 40.4 Å². The van der Waals surface area contributed by atoms with Gasteiger partial charge >= 0.3 is 0 Å². The minimum absolute atomic E-state index is 0.0417. The highest BCUT2D eigenvalue weighted by Crippen LogP contribution is 2.45. The topological polar surface area (TPSA) is 50.4 Å². The van der Waals surface area contributed by atoms with Crippen molar-refractivity contribution in [2.75, 3.05) is 17.2 Å². The molecule has 0 unspecified atom stereocenters. The van der Waals surface area contributed by atoms with Crippen LogP contribution < -0.4 is 15.4 Å². The van der Waals surface area contributed by atoms with Gasteiger partial charge in [0.25, 0.3) is 0 Å². The van der Waals surface area contributed by atoms with Crippen LogP contribution in [0.4, 0.5) is 11.4 Å². The van der Waals surface area contributed by atoms with Gasteiger partial charge < -0.3 is 15.4 Å². The van der Waals surface area contributed by atoms with E-state index >= 15 is 0 Å². The number of ketones is 1. The van der Waals surface area contributed by atoms with Gasteiger partial charge in [0.2, 0.25) is 0 Å². The zero-order valence-electron chi connectivity index (χ0n) is 16.1. The number of anilines is 2. The van der Waals surface area contributed by atoms with Crippen LogP contribution in [0.1, 0.15) is 45.2 Å². The number of hydrogen-bond acceptors (Lipinski definition) is 4. The summed E-state index contributed by atoms with van der Waals surface area (Å²) in [4.78, 5) is 13.2. The summed E-state index contributed by atoms with van der Waals surface area (Å²) in [5, 5.41) is 7.16. The zero-order valence-corrected chi connectivity index (χ0v) is 16.1. The van der Waals surface area contributed by atoms with E-state index in [1.807, 2.05) is 37.3 Å². The molecule has 27 heavy (non-hydrogen) atoms. The highest BCUT2D eigenvalue weighted by Gasteiger charge is 2.38. The van der Waals surface area contributed by atoms with Crippen LogP contribution in [0.15, 0.2) is 59.8 Å². The Balaban J connectivity index is 1.85. The fourth-order valence-corrected chi connectivity index (χ4v) is 4.09. The van der Waals surface area contributed by atoms with E-state index in [9.17, 15) is 4.79 Å². The van der Waals surface area contributed by atoms with Gasteiger partial charge in [0.15, 0.2) is 5.78 Å². The van der Waals surface area contributed by atoms with Crippen LogP contribution in [0.2, 0.25) is 0 Å². The molecule has 4 heteroatoms. The molecule has 1 aliphatic heterocycles. The second-order valence-corrected chi connectivity index (χ2v) is 8.09. The molecule has 2 aliphatic rings. The molecule has 4 nitrogen and oxygen atoms in total. The number of para-hydroxylation sites is 2. The zero-order chi connectivity index (χ0) is 19.0. The first kappa shape index (κ1) is 17.7. The van der Waals surface area contributed by atoms with Gasteiger partial charge in [-0.05, 0) is 48.6 Å². The highest BCUT2D eigenvalue weighted by atomic mass is 16.5. The van der Waals surface area contributed by atoms with Crippen molar-refractivity contribution in [2.24, 2.45) is 5.41 Å². The normalized spacial score (nSPS) is 20.7. The Morgan fingerprint density at radius 1 is 1.07 bits per heavy atom. The van der Waals surface area contributed by atoms with Crippen LogP contribution in [0.5, 0.6) is 5.75 Å². The maximum absolute atomic E-state index is 13.2.